The lowest BCUT2D eigenvalue weighted by Gasteiger charge is -2.37. The van der Waals surface area contributed by atoms with Crippen molar-refractivity contribution in [2.24, 2.45) is 0 Å². The summed E-state index contributed by atoms with van der Waals surface area (Å²) in [7, 11) is -3.88. The third-order valence-corrected chi connectivity index (χ3v) is 9.42. The summed E-state index contributed by atoms with van der Waals surface area (Å²) in [6.07, 6.45) is 0.741. The Bertz CT molecular complexity index is 1270. The van der Waals surface area contributed by atoms with E-state index >= 15 is 0 Å². The van der Waals surface area contributed by atoms with Crippen molar-refractivity contribution in [3.05, 3.63) is 81.0 Å². The second-order valence-electron chi connectivity index (χ2n) is 8.87. The zero-order valence-electron chi connectivity index (χ0n) is 20.0. The maximum Gasteiger partial charge on any atom is 0.243 e. The molecule has 0 aliphatic carbocycles. The fourth-order valence-corrected chi connectivity index (χ4v) is 6.84. The number of carbonyl (C=O) groups is 1. The van der Waals surface area contributed by atoms with Crippen LogP contribution in [0.15, 0.2) is 64.9 Å². The Morgan fingerprint density at radius 3 is 2.49 bits per heavy atom. The van der Waals surface area contributed by atoms with Gasteiger partial charge in [0.25, 0.3) is 0 Å². The molecule has 0 radical (unpaired) electrons. The second-order valence-corrected chi connectivity index (χ2v) is 12.2. The van der Waals surface area contributed by atoms with Gasteiger partial charge in [0.2, 0.25) is 15.9 Å². The maximum absolute atomic E-state index is 13.6. The summed E-state index contributed by atoms with van der Waals surface area (Å²) in [6.45, 7) is 6.12. The molecule has 2 heterocycles. The van der Waals surface area contributed by atoms with Gasteiger partial charge in [-0.2, -0.15) is 4.31 Å². The van der Waals surface area contributed by atoms with Crippen molar-refractivity contribution in [2.75, 3.05) is 19.7 Å². The van der Waals surface area contributed by atoms with Crippen molar-refractivity contribution in [3.63, 3.8) is 0 Å². The molecule has 186 valence electrons. The summed E-state index contributed by atoms with van der Waals surface area (Å²) in [5.74, 6) is 0.491. The van der Waals surface area contributed by atoms with Gasteiger partial charge in [-0.1, -0.05) is 29.3 Å². The molecule has 9 heteroatoms. The minimum Gasteiger partial charge on any atom is -0.491 e. The second kappa shape index (κ2) is 10.7. The molecule has 1 unspecified atom stereocenters. The average Bonchev–Trinajstić information content (AvgIpc) is 3.31. The molecular weight excluding hydrogens is 504 g/mol. The fraction of sp³-hybridized carbons (Fsp3) is 0.346. The van der Waals surface area contributed by atoms with Gasteiger partial charge in [-0.3, -0.25) is 4.79 Å². The van der Waals surface area contributed by atoms with Crippen LogP contribution in [-0.4, -0.2) is 49.3 Å². The number of aryl methyl sites for hydroxylation is 1. The summed E-state index contributed by atoms with van der Waals surface area (Å²) in [4.78, 5) is 16.7. The number of hydrogen-bond donors (Lipinski definition) is 0. The first-order valence-electron chi connectivity index (χ1n) is 11.5. The van der Waals surface area contributed by atoms with Crippen molar-refractivity contribution in [2.45, 2.75) is 44.2 Å². The van der Waals surface area contributed by atoms with Crippen molar-refractivity contribution < 1.29 is 17.9 Å². The molecule has 1 aliphatic heterocycles. The van der Waals surface area contributed by atoms with Crippen molar-refractivity contribution in [1.29, 1.82) is 0 Å². The summed E-state index contributed by atoms with van der Waals surface area (Å²) < 4.78 is 34.1. The Hall–Kier alpha value is -2.39. The molecule has 0 fully saturated rings. The van der Waals surface area contributed by atoms with Crippen LogP contribution < -0.4 is 4.74 Å². The molecule has 0 bridgehead atoms. The van der Waals surface area contributed by atoms with Crippen LogP contribution in [0.3, 0.4) is 0 Å². The Kier molecular flexibility index (Phi) is 7.86. The molecule has 1 atom stereocenters. The lowest BCUT2D eigenvalue weighted by molar-refractivity contribution is -0.135. The molecule has 1 aliphatic rings. The first-order valence-corrected chi connectivity index (χ1v) is 14.2. The highest BCUT2D eigenvalue weighted by Crippen LogP contribution is 2.34. The topological polar surface area (TPSA) is 66.9 Å². The number of halogens is 1. The van der Waals surface area contributed by atoms with Gasteiger partial charge in [0.15, 0.2) is 0 Å². The molecular formula is C26H29ClN2O4S2. The van der Waals surface area contributed by atoms with Gasteiger partial charge < -0.3 is 9.64 Å². The van der Waals surface area contributed by atoms with Gasteiger partial charge >= 0.3 is 0 Å². The minimum atomic E-state index is -3.88. The quantitative estimate of drug-likeness (QED) is 0.394. The lowest BCUT2D eigenvalue weighted by atomic mass is 10.0. The van der Waals surface area contributed by atoms with E-state index in [1.54, 1.807) is 30.1 Å². The highest BCUT2D eigenvalue weighted by atomic mass is 35.5. The minimum absolute atomic E-state index is 0.112. The Morgan fingerprint density at radius 1 is 1.14 bits per heavy atom. The third kappa shape index (κ3) is 5.72. The molecule has 1 amide bonds. The average molecular weight is 533 g/mol. The predicted octanol–water partition coefficient (Wildman–Crippen LogP) is 5.31. The monoisotopic (exact) mass is 532 g/mol. The number of sulfonamides is 1. The SMILES string of the molecule is Cc1ccc(OCC2c3ccsc3CCN2C(=O)CN(C(C)C)S(=O)(=O)c2ccc(Cl)cc2)cc1. The Morgan fingerprint density at radius 2 is 1.83 bits per heavy atom. The lowest BCUT2D eigenvalue weighted by Crippen LogP contribution is -2.49. The molecule has 6 nitrogen and oxygen atoms in total. The molecule has 1 aromatic heterocycles. The van der Waals surface area contributed by atoms with Crippen molar-refractivity contribution in [1.82, 2.24) is 9.21 Å². The van der Waals surface area contributed by atoms with E-state index < -0.39 is 16.1 Å². The molecule has 4 rings (SSSR count). The molecule has 2 aromatic carbocycles. The number of carbonyl (C=O) groups excluding carboxylic acids is 1. The largest absolute Gasteiger partial charge is 0.491 e. The van der Waals surface area contributed by atoms with E-state index in [1.165, 1.54) is 33.4 Å². The molecule has 0 saturated heterocycles. The predicted molar refractivity (Wildman–Crippen MR) is 140 cm³/mol. The van der Waals surface area contributed by atoms with Crippen LogP contribution in [0.2, 0.25) is 5.02 Å². The number of fused-ring (bicyclic) bond motifs is 1. The van der Waals surface area contributed by atoms with Gasteiger partial charge in [-0.05, 0) is 80.6 Å². The Labute approximate surface area is 216 Å². The zero-order chi connectivity index (χ0) is 25.2. The molecule has 0 spiro atoms. The van der Waals surface area contributed by atoms with Crippen LogP contribution in [0.5, 0.6) is 5.75 Å². The first-order chi connectivity index (χ1) is 16.7. The Balaban J connectivity index is 1.56. The number of nitrogens with zero attached hydrogens (tertiary/aromatic N) is 2. The molecule has 3 aromatic rings. The molecule has 0 saturated carbocycles. The van der Waals surface area contributed by atoms with Gasteiger partial charge in [0.05, 0.1) is 17.5 Å². The maximum atomic E-state index is 13.6. The van der Waals surface area contributed by atoms with Crippen LogP contribution in [0.4, 0.5) is 0 Å². The van der Waals surface area contributed by atoms with Crippen LogP contribution in [-0.2, 0) is 21.2 Å². The smallest absolute Gasteiger partial charge is 0.243 e. The summed E-state index contributed by atoms with van der Waals surface area (Å²) in [5, 5.41) is 2.48. The van der Waals surface area contributed by atoms with Gasteiger partial charge in [-0.15, -0.1) is 11.3 Å². The van der Waals surface area contributed by atoms with Crippen LogP contribution in [0.25, 0.3) is 0 Å². The van der Waals surface area contributed by atoms with Crippen LogP contribution >= 0.6 is 22.9 Å². The van der Waals surface area contributed by atoms with Crippen molar-refractivity contribution in [3.8, 4) is 5.75 Å². The van der Waals surface area contributed by atoms with Crippen molar-refractivity contribution >= 4 is 38.9 Å². The number of rotatable bonds is 8. The van der Waals surface area contributed by atoms with Crippen LogP contribution in [0, 0.1) is 6.92 Å². The fourth-order valence-electron chi connectivity index (χ4n) is 4.20. The number of thiophene rings is 1. The van der Waals surface area contributed by atoms with E-state index in [0.29, 0.717) is 18.2 Å². The summed E-state index contributed by atoms with van der Waals surface area (Å²) in [5.41, 5.74) is 2.21. The number of amides is 1. The highest BCUT2D eigenvalue weighted by molar-refractivity contribution is 7.89. The van der Waals surface area contributed by atoms with Gasteiger partial charge in [0, 0.05) is 22.5 Å². The van der Waals surface area contributed by atoms with E-state index in [1.807, 2.05) is 42.6 Å². The normalized spacial score (nSPS) is 15.9. The van der Waals surface area contributed by atoms with E-state index in [9.17, 15) is 13.2 Å². The summed E-state index contributed by atoms with van der Waals surface area (Å²) in [6, 6.07) is 15.2. The van der Waals surface area contributed by atoms with Crippen LogP contribution in [0.1, 0.15) is 35.9 Å². The first kappa shape index (κ1) is 25.7. The number of benzene rings is 2. The zero-order valence-corrected chi connectivity index (χ0v) is 22.4. The highest BCUT2D eigenvalue weighted by Gasteiger charge is 2.36. The molecule has 35 heavy (non-hydrogen) atoms. The number of ether oxygens (including phenoxy) is 1. The molecule has 0 N–H and O–H groups in total. The summed E-state index contributed by atoms with van der Waals surface area (Å²) >= 11 is 7.62. The van der Waals surface area contributed by atoms with E-state index in [2.05, 4.69) is 0 Å². The standard InChI is InChI=1S/C26H29ClN2O4S2/c1-18(2)29(35(31,32)22-10-6-20(27)7-11-22)16-26(30)28-14-12-25-23(13-15-34-25)24(28)17-33-21-8-4-19(3)5-9-21/h4-11,13,15,18,24H,12,14,16-17H2,1-3H3. The number of hydrogen-bond acceptors (Lipinski definition) is 5. The van der Waals surface area contributed by atoms with Gasteiger partial charge in [-0.25, -0.2) is 8.42 Å². The van der Waals surface area contributed by atoms with E-state index in [-0.39, 0.29) is 23.4 Å². The third-order valence-electron chi connectivity index (χ3n) is 6.13. The van der Waals surface area contributed by atoms with Gasteiger partial charge in [0.1, 0.15) is 12.4 Å². The van der Waals surface area contributed by atoms with E-state index in [4.69, 9.17) is 16.3 Å². The van der Waals surface area contributed by atoms with E-state index in [0.717, 1.165) is 23.3 Å².